The van der Waals surface area contributed by atoms with Gasteiger partial charge < -0.3 is 0 Å². The number of allylic oxidation sites excluding steroid dienone is 2. The van der Waals surface area contributed by atoms with E-state index in [1.165, 1.54) is 6.07 Å². The lowest BCUT2D eigenvalue weighted by Gasteiger charge is -2.13. The maximum absolute atomic E-state index is 12.5. The molecule has 1 heterocycles. The first-order valence-electron chi connectivity index (χ1n) is 6.97. The van der Waals surface area contributed by atoms with E-state index >= 15 is 0 Å². The van der Waals surface area contributed by atoms with Gasteiger partial charge in [0.15, 0.2) is 11.6 Å². The van der Waals surface area contributed by atoms with Crippen LogP contribution in [0.3, 0.4) is 0 Å². The molecule has 1 aromatic rings. The predicted octanol–water partition coefficient (Wildman–Crippen LogP) is 3.53. The highest BCUT2D eigenvalue weighted by Gasteiger charge is 2.31. The standard InChI is InChI=1S/C16H16F3NO2/c1-9-10(2)15(22)11(3-6-14(9)21)7-13-5-4-12(8-20-13)16(17,18)19/h4-5,8,11H,3,6-7H2,1-2H3. The first kappa shape index (κ1) is 16.4. The summed E-state index contributed by atoms with van der Waals surface area (Å²) >= 11 is 0. The molecule has 118 valence electrons. The van der Waals surface area contributed by atoms with Crippen LogP contribution >= 0.6 is 0 Å². The Bertz CT molecular complexity index is 630. The van der Waals surface area contributed by atoms with Gasteiger partial charge in [-0.25, -0.2) is 0 Å². The molecule has 22 heavy (non-hydrogen) atoms. The van der Waals surface area contributed by atoms with Crippen LogP contribution in [0, 0.1) is 5.92 Å². The molecule has 1 aromatic heterocycles. The molecule has 1 aliphatic carbocycles. The van der Waals surface area contributed by atoms with Crippen LogP contribution in [0.25, 0.3) is 0 Å². The molecule has 0 amide bonds. The lowest BCUT2D eigenvalue weighted by atomic mass is 9.91. The van der Waals surface area contributed by atoms with Crippen LogP contribution in [0.2, 0.25) is 0 Å². The van der Waals surface area contributed by atoms with Crippen molar-refractivity contribution in [2.75, 3.05) is 0 Å². The molecule has 0 aromatic carbocycles. The van der Waals surface area contributed by atoms with E-state index in [1.807, 2.05) is 0 Å². The summed E-state index contributed by atoms with van der Waals surface area (Å²) in [5, 5.41) is 0. The number of alkyl halides is 3. The number of Topliss-reactive ketones (excluding diaryl/α,β-unsaturated/α-hetero) is 2. The highest BCUT2D eigenvalue weighted by molar-refractivity contribution is 6.08. The second kappa shape index (κ2) is 6.02. The van der Waals surface area contributed by atoms with Crippen molar-refractivity contribution >= 4 is 11.6 Å². The monoisotopic (exact) mass is 311 g/mol. The van der Waals surface area contributed by atoms with Gasteiger partial charge in [0.2, 0.25) is 0 Å². The minimum atomic E-state index is -4.42. The third-order valence-corrected chi connectivity index (χ3v) is 4.05. The Morgan fingerprint density at radius 2 is 1.86 bits per heavy atom. The van der Waals surface area contributed by atoms with Crippen molar-refractivity contribution in [2.45, 2.75) is 39.3 Å². The van der Waals surface area contributed by atoms with Gasteiger partial charge in [-0.15, -0.1) is 0 Å². The summed E-state index contributed by atoms with van der Waals surface area (Å²) in [6.07, 6.45) is -2.73. The van der Waals surface area contributed by atoms with Gasteiger partial charge in [0.25, 0.3) is 0 Å². The zero-order chi connectivity index (χ0) is 16.5. The number of nitrogens with zero attached hydrogens (tertiary/aromatic N) is 1. The first-order chi connectivity index (χ1) is 10.2. The summed E-state index contributed by atoms with van der Waals surface area (Å²) < 4.78 is 37.5. The number of hydrogen-bond donors (Lipinski definition) is 0. The third-order valence-electron chi connectivity index (χ3n) is 4.05. The Morgan fingerprint density at radius 1 is 1.18 bits per heavy atom. The molecule has 0 spiro atoms. The quantitative estimate of drug-likeness (QED) is 0.839. The van der Waals surface area contributed by atoms with Crippen LogP contribution in [-0.2, 0) is 22.2 Å². The van der Waals surface area contributed by atoms with Crippen molar-refractivity contribution in [1.29, 1.82) is 0 Å². The number of carbonyl (C=O) groups excluding carboxylic acids is 2. The molecule has 0 fully saturated rings. The molecule has 1 aliphatic rings. The van der Waals surface area contributed by atoms with Gasteiger partial charge in [-0.1, -0.05) is 0 Å². The highest BCUT2D eigenvalue weighted by atomic mass is 19.4. The molecule has 0 saturated heterocycles. The molecule has 1 atom stereocenters. The number of rotatable bonds is 2. The lowest BCUT2D eigenvalue weighted by molar-refractivity contribution is -0.137. The first-order valence-corrected chi connectivity index (χ1v) is 6.97. The van der Waals surface area contributed by atoms with Gasteiger partial charge in [-0.05, 0) is 50.0 Å². The van der Waals surface area contributed by atoms with Gasteiger partial charge >= 0.3 is 6.18 Å². The van der Waals surface area contributed by atoms with Gasteiger partial charge in [-0.3, -0.25) is 14.6 Å². The average Bonchev–Trinajstić information content (AvgIpc) is 2.55. The number of halogens is 3. The van der Waals surface area contributed by atoms with Crippen molar-refractivity contribution in [1.82, 2.24) is 4.98 Å². The van der Waals surface area contributed by atoms with Crippen molar-refractivity contribution < 1.29 is 22.8 Å². The molecule has 2 rings (SSSR count). The minimum absolute atomic E-state index is 0.0475. The van der Waals surface area contributed by atoms with Crippen LogP contribution < -0.4 is 0 Å². The third kappa shape index (κ3) is 3.43. The smallest absolute Gasteiger partial charge is 0.295 e. The maximum Gasteiger partial charge on any atom is 0.417 e. The SMILES string of the molecule is CC1=C(C)C(=O)C(Cc2ccc(C(F)(F)F)cn2)CCC1=O. The largest absolute Gasteiger partial charge is 0.417 e. The van der Waals surface area contributed by atoms with E-state index in [2.05, 4.69) is 4.98 Å². The number of ketones is 2. The maximum atomic E-state index is 12.5. The van der Waals surface area contributed by atoms with Crippen molar-refractivity contribution in [3.8, 4) is 0 Å². The summed E-state index contributed by atoms with van der Waals surface area (Å²) in [5.74, 6) is -0.579. The summed E-state index contributed by atoms with van der Waals surface area (Å²) in [4.78, 5) is 27.9. The molecule has 1 unspecified atom stereocenters. The van der Waals surface area contributed by atoms with Gasteiger partial charge in [0, 0.05) is 24.2 Å². The summed E-state index contributed by atoms with van der Waals surface area (Å²) in [5.41, 5.74) is 0.531. The Hall–Kier alpha value is -1.98. The van der Waals surface area contributed by atoms with Crippen molar-refractivity contribution in [2.24, 2.45) is 5.92 Å². The number of pyridine rings is 1. The average molecular weight is 311 g/mol. The molecule has 0 aliphatic heterocycles. The Balaban J connectivity index is 2.17. The number of carbonyl (C=O) groups is 2. The zero-order valence-electron chi connectivity index (χ0n) is 12.3. The fourth-order valence-corrected chi connectivity index (χ4v) is 2.48. The van der Waals surface area contributed by atoms with E-state index in [1.54, 1.807) is 13.8 Å². The molecule has 3 nitrogen and oxygen atoms in total. The topological polar surface area (TPSA) is 47.0 Å². The second-order valence-electron chi connectivity index (χ2n) is 5.51. The van der Waals surface area contributed by atoms with Gasteiger partial charge in [0.05, 0.1) is 5.56 Å². The summed E-state index contributed by atoms with van der Waals surface area (Å²) in [6.45, 7) is 3.25. The van der Waals surface area contributed by atoms with E-state index in [-0.39, 0.29) is 24.4 Å². The minimum Gasteiger partial charge on any atom is -0.295 e. The fraction of sp³-hybridized carbons (Fsp3) is 0.438. The number of hydrogen-bond acceptors (Lipinski definition) is 3. The van der Waals surface area contributed by atoms with E-state index in [4.69, 9.17) is 0 Å². The molecule has 0 bridgehead atoms. The zero-order valence-corrected chi connectivity index (χ0v) is 12.3. The van der Waals surface area contributed by atoms with E-state index < -0.39 is 17.7 Å². The Labute approximate surface area is 126 Å². The van der Waals surface area contributed by atoms with Crippen LogP contribution in [0.5, 0.6) is 0 Å². The molecule has 6 heteroatoms. The van der Waals surface area contributed by atoms with Crippen LogP contribution in [0.1, 0.15) is 37.9 Å². The molecular weight excluding hydrogens is 295 g/mol. The highest BCUT2D eigenvalue weighted by Crippen LogP contribution is 2.29. The van der Waals surface area contributed by atoms with E-state index in [0.29, 0.717) is 23.3 Å². The van der Waals surface area contributed by atoms with Crippen LogP contribution in [-0.4, -0.2) is 16.6 Å². The lowest BCUT2D eigenvalue weighted by Crippen LogP contribution is -2.18. The Morgan fingerprint density at radius 3 is 2.41 bits per heavy atom. The fourth-order valence-electron chi connectivity index (χ4n) is 2.48. The van der Waals surface area contributed by atoms with Crippen molar-refractivity contribution in [3.05, 3.63) is 40.7 Å². The Kier molecular flexibility index (Phi) is 4.49. The molecule has 0 saturated carbocycles. The molecule has 0 radical (unpaired) electrons. The van der Waals surface area contributed by atoms with E-state index in [9.17, 15) is 22.8 Å². The second-order valence-corrected chi connectivity index (χ2v) is 5.51. The summed E-state index contributed by atoms with van der Waals surface area (Å²) in [7, 11) is 0. The van der Waals surface area contributed by atoms with E-state index in [0.717, 1.165) is 12.3 Å². The summed E-state index contributed by atoms with van der Waals surface area (Å²) in [6, 6.07) is 2.25. The number of aromatic nitrogens is 1. The van der Waals surface area contributed by atoms with Gasteiger partial charge in [0.1, 0.15) is 0 Å². The van der Waals surface area contributed by atoms with Crippen molar-refractivity contribution in [3.63, 3.8) is 0 Å². The predicted molar refractivity (Wildman–Crippen MR) is 74.1 cm³/mol. The van der Waals surface area contributed by atoms with Gasteiger partial charge in [-0.2, -0.15) is 13.2 Å². The van der Waals surface area contributed by atoms with Crippen LogP contribution in [0.4, 0.5) is 13.2 Å². The molecule has 0 N–H and O–H groups in total. The van der Waals surface area contributed by atoms with Crippen LogP contribution in [0.15, 0.2) is 29.5 Å². The normalized spacial score (nSPS) is 20.3. The molecular formula is C16H16F3NO2.